The number of carbonyl (C=O) groups is 1. The Morgan fingerprint density at radius 3 is 2.53 bits per heavy atom. The van der Waals surface area contributed by atoms with Crippen LogP contribution in [0, 0.1) is 0 Å². The van der Waals surface area contributed by atoms with Crippen LogP contribution in [-0.2, 0) is 14.8 Å². The van der Waals surface area contributed by atoms with Gasteiger partial charge in [0.2, 0.25) is 15.9 Å². The van der Waals surface area contributed by atoms with Gasteiger partial charge >= 0.3 is 0 Å². The van der Waals surface area contributed by atoms with Crippen molar-refractivity contribution in [3.05, 3.63) is 18.2 Å². The highest BCUT2D eigenvalue weighted by molar-refractivity contribution is 9.09. The second kappa shape index (κ2) is 6.36. The van der Waals surface area contributed by atoms with Crippen LogP contribution in [0.25, 0.3) is 0 Å². The number of carbonyl (C=O) groups excluding carboxylic acids is 1. The lowest BCUT2D eigenvalue weighted by molar-refractivity contribution is -0.113. The van der Waals surface area contributed by atoms with E-state index in [2.05, 4.69) is 21.2 Å². The molecule has 0 fully saturated rings. The molecular formula is C11H15BrN2O4S. The molecule has 0 radical (unpaired) electrons. The third-order valence-corrected chi connectivity index (χ3v) is 4.67. The average molecular weight is 351 g/mol. The van der Waals surface area contributed by atoms with Gasteiger partial charge in [0.25, 0.3) is 0 Å². The fraction of sp³-hybridized carbons (Fsp3) is 0.364. The highest BCUT2D eigenvalue weighted by Gasteiger charge is 2.19. The molecule has 1 rings (SSSR count). The highest BCUT2D eigenvalue weighted by atomic mass is 79.9. The zero-order chi connectivity index (χ0) is 14.6. The number of anilines is 1. The summed E-state index contributed by atoms with van der Waals surface area (Å²) in [5.74, 6) is 0.102. The molecule has 8 heteroatoms. The molecule has 1 aromatic rings. The zero-order valence-electron chi connectivity index (χ0n) is 10.8. The summed E-state index contributed by atoms with van der Waals surface area (Å²) in [5.41, 5.74) is 0.315. The Labute approximate surface area is 120 Å². The summed E-state index contributed by atoms with van der Waals surface area (Å²) < 4.78 is 30.2. The number of amides is 1. The van der Waals surface area contributed by atoms with E-state index in [-0.39, 0.29) is 16.1 Å². The van der Waals surface area contributed by atoms with Gasteiger partial charge in [-0.3, -0.25) is 4.79 Å². The lowest BCUT2D eigenvalue weighted by atomic mass is 10.3. The summed E-state index contributed by atoms with van der Waals surface area (Å²) in [6.45, 7) is 0. The van der Waals surface area contributed by atoms with Crippen LogP contribution in [0.1, 0.15) is 0 Å². The molecule has 0 atom stereocenters. The standard InChI is InChI=1S/C11H15BrN2O4S/c1-14(2)19(16,17)8-4-5-10(18-3)9(6-8)13-11(15)7-12/h4-6H,7H2,1-3H3,(H,13,15). The van der Waals surface area contributed by atoms with E-state index in [0.717, 1.165) is 4.31 Å². The Hall–Kier alpha value is -1.12. The number of alkyl halides is 1. The SMILES string of the molecule is COc1ccc(S(=O)(=O)N(C)C)cc1NC(=O)CBr. The van der Waals surface area contributed by atoms with Gasteiger partial charge in [-0.15, -0.1) is 0 Å². The van der Waals surface area contributed by atoms with E-state index >= 15 is 0 Å². The van der Waals surface area contributed by atoms with E-state index in [1.54, 1.807) is 0 Å². The van der Waals surface area contributed by atoms with Crippen molar-refractivity contribution < 1.29 is 17.9 Å². The zero-order valence-corrected chi connectivity index (χ0v) is 13.2. The first-order valence-corrected chi connectivity index (χ1v) is 7.85. The van der Waals surface area contributed by atoms with E-state index in [1.807, 2.05) is 0 Å². The van der Waals surface area contributed by atoms with E-state index in [4.69, 9.17) is 4.74 Å². The molecule has 0 saturated carbocycles. The van der Waals surface area contributed by atoms with Crippen molar-refractivity contribution in [1.29, 1.82) is 0 Å². The predicted octanol–water partition coefficient (Wildman–Crippen LogP) is 1.28. The van der Waals surface area contributed by atoms with Crippen molar-refractivity contribution in [2.45, 2.75) is 4.90 Å². The molecule has 0 aliphatic carbocycles. The predicted molar refractivity (Wildman–Crippen MR) is 76.3 cm³/mol. The minimum Gasteiger partial charge on any atom is -0.495 e. The summed E-state index contributed by atoms with van der Waals surface area (Å²) >= 11 is 3.02. The van der Waals surface area contributed by atoms with E-state index in [1.165, 1.54) is 39.4 Å². The van der Waals surface area contributed by atoms with E-state index < -0.39 is 10.0 Å². The number of hydrogen-bond acceptors (Lipinski definition) is 4. The van der Waals surface area contributed by atoms with Crippen molar-refractivity contribution in [1.82, 2.24) is 4.31 Å². The van der Waals surface area contributed by atoms with Crippen molar-refractivity contribution in [2.75, 3.05) is 31.9 Å². The summed E-state index contributed by atoms with van der Waals surface area (Å²) in [6, 6.07) is 4.30. The third kappa shape index (κ3) is 3.68. The van der Waals surface area contributed by atoms with Gasteiger partial charge in [-0.05, 0) is 18.2 Å². The third-order valence-electron chi connectivity index (χ3n) is 2.34. The molecule has 0 spiro atoms. The number of ether oxygens (including phenoxy) is 1. The molecule has 106 valence electrons. The molecule has 0 unspecified atom stereocenters. The Kier molecular flexibility index (Phi) is 5.33. The van der Waals surface area contributed by atoms with Gasteiger partial charge in [0.05, 0.1) is 23.0 Å². The van der Waals surface area contributed by atoms with Crippen LogP contribution in [-0.4, -0.2) is 45.2 Å². The van der Waals surface area contributed by atoms with Crippen molar-refractivity contribution in [3.8, 4) is 5.75 Å². The number of nitrogens with zero attached hydrogens (tertiary/aromatic N) is 1. The maximum Gasteiger partial charge on any atom is 0.242 e. The molecule has 0 aromatic heterocycles. The molecular weight excluding hydrogens is 336 g/mol. The minimum atomic E-state index is -3.55. The van der Waals surface area contributed by atoms with Gasteiger partial charge in [0.1, 0.15) is 5.75 Å². The Morgan fingerprint density at radius 1 is 1.42 bits per heavy atom. The van der Waals surface area contributed by atoms with E-state index in [9.17, 15) is 13.2 Å². The molecule has 0 heterocycles. The highest BCUT2D eigenvalue weighted by Crippen LogP contribution is 2.28. The lowest BCUT2D eigenvalue weighted by Gasteiger charge is -2.14. The fourth-order valence-corrected chi connectivity index (χ4v) is 2.41. The van der Waals surface area contributed by atoms with Crippen LogP contribution < -0.4 is 10.1 Å². The van der Waals surface area contributed by atoms with Gasteiger partial charge in [-0.25, -0.2) is 12.7 Å². The van der Waals surface area contributed by atoms with Gasteiger partial charge in [0.15, 0.2) is 0 Å². The monoisotopic (exact) mass is 350 g/mol. The molecule has 1 aromatic carbocycles. The lowest BCUT2D eigenvalue weighted by Crippen LogP contribution is -2.22. The number of nitrogens with one attached hydrogen (secondary N) is 1. The fourth-order valence-electron chi connectivity index (χ4n) is 1.34. The van der Waals surface area contributed by atoms with Crippen LogP contribution in [0.3, 0.4) is 0 Å². The molecule has 0 saturated heterocycles. The summed E-state index contributed by atoms with van der Waals surface area (Å²) in [6.07, 6.45) is 0. The first-order valence-electron chi connectivity index (χ1n) is 5.29. The van der Waals surface area contributed by atoms with E-state index in [0.29, 0.717) is 11.4 Å². The summed E-state index contributed by atoms with van der Waals surface area (Å²) in [5, 5.41) is 2.68. The first-order chi connectivity index (χ1) is 8.82. The number of sulfonamides is 1. The van der Waals surface area contributed by atoms with Crippen LogP contribution in [0.15, 0.2) is 23.1 Å². The average Bonchev–Trinajstić information content (AvgIpc) is 2.38. The summed E-state index contributed by atoms with van der Waals surface area (Å²) in [4.78, 5) is 11.5. The molecule has 0 bridgehead atoms. The van der Waals surface area contributed by atoms with Crippen LogP contribution in [0.5, 0.6) is 5.75 Å². The molecule has 0 aliphatic heterocycles. The number of methoxy groups -OCH3 is 1. The minimum absolute atomic E-state index is 0.0863. The maximum absolute atomic E-state index is 12.0. The normalized spacial score (nSPS) is 11.4. The van der Waals surface area contributed by atoms with Crippen LogP contribution >= 0.6 is 15.9 Å². The topological polar surface area (TPSA) is 75.7 Å². The molecule has 1 amide bonds. The molecule has 6 nitrogen and oxygen atoms in total. The van der Waals surface area contributed by atoms with Gasteiger partial charge in [0, 0.05) is 14.1 Å². The number of halogens is 1. The Bertz CT molecular complexity index is 572. The smallest absolute Gasteiger partial charge is 0.242 e. The van der Waals surface area contributed by atoms with Gasteiger partial charge in [-0.2, -0.15) is 0 Å². The molecule has 0 aliphatic rings. The Morgan fingerprint density at radius 2 is 2.05 bits per heavy atom. The van der Waals surface area contributed by atoms with Gasteiger partial charge < -0.3 is 10.1 Å². The number of benzene rings is 1. The molecule has 1 N–H and O–H groups in total. The van der Waals surface area contributed by atoms with Crippen LogP contribution in [0.2, 0.25) is 0 Å². The van der Waals surface area contributed by atoms with Crippen LogP contribution in [0.4, 0.5) is 5.69 Å². The largest absolute Gasteiger partial charge is 0.495 e. The quantitative estimate of drug-likeness (QED) is 0.811. The van der Waals surface area contributed by atoms with Gasteiger partial charge in [-0.1, -0.05) is 15.9 Å². The second-order valence-corrected chi connectivity index (χ2v) is 6.54. The second-order valence-electron chi connectivity index (χ2n) is 3.83. The Balaban J connectivity index is 3.26. The first kappa shape index (κ1) is 15.9. The number of rotatable bonds is 5. The van der Waals surface area contributed by atoms with Crippen molar-refractivity contribution >= 4 is 37.5 Å². The summed E-state index contributed by atoms with van der Waals surface area (Å²) in [7, 11) is 0.773. The number of hydrogen-bond donors (Lipinski definition) is 1. The van der Waals surface area contributed by atoms with Crippen molar-refractivity contribution in [3.63, 3.8) is 0 Å². The molecule has 19 heavy (non-hydrogen) atoms. The maximum atomic E-state index is 12.0. The van der Waals surface area contributed by atoms with Crippen molar-refractivity contribution in [2.24, 2.45) is 0 Å².